The Kier molecular flexibility index (Phi) is 11.2. The number of ether oxygens (including phenoxy) is 1. The second-order valence-electron chi connectivity index (χ2n) is 14.6. The van der Waals surface area contributed by atoms with E-state index in [-0.39, 0.29) is 35.6 Å². The van der Waals surface area contributed by atoms with Crippen LogP contribution >= 0.6 is 0 Å². The number of imidazole rings is 2. The molecule has 0 radical (unpaired) electrons. The van der Waals surface area contributed by atoms with Crippen molar-refractivity contribution in [2.75, 3.05) is 13.7 Å². The Bertz CT molecular complexity index is 2040. The van der Waals surface area contributed by atoms with E-state index in [4.69, 9.17) is 9.72 Å². The first-order valence-corrected chi connectivity index (χ1v) is 18.9. The molecular formula is C42H48N8O4. The van der Waals surface area contributed by atoms with Gasteiger partial charge in [0.15, 0.2) is 0 Å². The van der Waals surface area contributed by atoms with E-state index >= 15 is 0 Å². The fraction of sp³-hybridized carbons (Fsp3) is 0.381. The van der Waals surface area contributed by atoms with Crippen molar-refractivity contribution in [1.29, 1.82) is 0 Å². The molecule has 2 aliphatic rings. The van der Waals surface area contributed by atoms with Gasteiger partial charge < -0.3 is 30.2 Å². The number of aromatic amines is 2. The Morgan fingerprint density at radius 2 is 1.44 bits per heavy atom. The molecule has 1 saturated carbocycles. The lowest BCUT2D eigenvalue weighted by molar-refractivity contribution is -0.135. The topological polar surface area (TPSA) is 158 Å². The number of H-pyrrole nitrogens is 2. The minimum absolute atomic E-state index is 0.0531. The average molecular weight is 729 g/mol. The number of likely N-dealkylation sites (tertiary alicyclic amines) is 1. The van der Waals surface area contributed by atoms with Gasteiger partial charge >= 0.3 is 6.09 Å². The molecule has 4 heterocycles. The number of benzene rings is 2. The van der Waals surface area contributed by atoms with Crippen molar-refractivity contribution in [1.82, 2.24) is 40.5 Å². The summed E-state index contributed by atoms with van der Waals surface area (Å²) in [6.45, 7) is 4.89. The molecule has 4 N–H and O–H groups in total. The Morgan fingerprint density at radius 3 is 2.07 bits per heavy atom. The molecule has 2 aromatic carbocycles. The van der Waals surface area contributed by atoms with Crippen LogP contribution in [0, 0.1) is 11.8 Å². The van der Waals surface area contributed by atoms with Gasteiger partial charge in [-0.25, -0.2) is 14.8 Å². The van der Waals surface area contributed by atoms with Crippen molar-refractivity contribution in [3.05, 3.63) is 103 Å². The summed E-state index contributed by atoms with van der Waals surface area (Å²) in [6, 6.07) is 19.7. The summed E-state index contributed by atoms with van der Waals surface area (Å²) in [6.07, 6.45) is 12.1. The van der Waals surface area contributed by atoms with Gasteiger partial charge in [-0.2, -0.15) is 0 Å². The van der Waals surface area contributed by atoms with Crippen LogP contribution in [0.3, 0.4) is 0 Å². The lowest BCUT2D eigenvalue weighted by Crippen LogP contribution is -2.51. The molecule has 3 aromatic heterocycles. The molecule has 0 bridgehead atoms. The highest BCUT2D eigenvalue weighted by Crippen LogP contribution is 2.38. The lowest BCUT2D eigenvalue weighted by atomic mass is 9.78. The van der Waals surface area contributed by atoms with Crippen molar-refractivity contribution < 1.29 is 19.1 Å². The number of hydrogen-bond acceptors (Lipinski definition) is 7. The predicted molar refractivity (Wildman–Crippen MR) is 206 cm³/mol. The number of nitrogens with one attached hydrogen (secondary N) is 4. The van der Waals surface area contributed by atoms with Crippen LogP contribution < -0.4 is 10.6 Å². The summed E-state index contributed by atoms with van der Waals surface area (Å²) in [4.78, 5) is 61.1. The lowest BCUT2D eigenvalue weighted by Gasteiger charge is -2.30. The van der Waals surface area contributed by atoms with Gasteiger partial charge in [-0.15, -0.1) is 0 Å². The van der Waals surface area contributed by atoms with E-state index in [2.05, 4.69) is 79.1 Å². The number of rotatable bonds is 11. The highest BCUT2D eigenvalue weighted by atomic mass is 16.5. The average Bonchev–Trinajstić information content (AvgIpc) is 4.01. The summed E-state index contributed by atoms with van der Waals surface area (Å²) in [7, 11) is 1.30. The molecule has 1 aliphatic heterocycles. The Labute approximate surface area is 315 Å². The Morgan fingerprint density at radius 1 is 0.815 bits per heavy atom. The zero-order chi connectivity index (χ0) is 37.6. The van der Waals surface area contributed by atoms with Gasteiger partial charge in [0.2, 0.25) is 11.8 Å². The molecule has 5 aromatic rings. The van der Waals surface area contributed by atoms with E-state index < -0.39 is 12.1 Å². The van der Waals surface area contributed by atoms with Crippen molar-refractivity contribution in [3.63, 3.8) is 0 Å². The van der Waals surface area contributed by atoms with Gasteiger partial charge in [-0.05, 0) is 65.5 Å². The zero-order valence-corrected chi connectivity index (χ0v) is 31.0. The Hall–Kier alpha value is -5.78. The third kappa shape index (κ3) is 8.07. The fourth-order valence-electron chi connectivity index (χ4n) is 7.80. The monoisotopic (exact) mass is 728 g/mol. The third-order valence-electron chi connectivity index (χ3n) is 10.8. The number of aromatic nitrogens is 5. The largest absolute Gasteiger partial charge is 0.453 e. The Balaban J connectivity index is 0.988. The standard InChI is InChI=1S/C42H48N8O4/c1-26(2)37(49-42(53)54-3)41(52)50-21-7-11-36(50)39-45-25-35(48-39)31-18-14-29(15-19-31)28-12-16-30(17-13-28)34-24-44-38(47-34)32-9-4-5-10-33(32)40(51)46-23-27-8-6-20-43-22-27/h6,8,12-20,22,24-26,32-33,36-37H,4-5,7,9-11,21,23H2,1-3H3,(H,44,47)(H,45,48)(H,46,51)(H,49,53)/t32-,33+,36-,37?/m0/s1. The summed E-state index contributed by atoms with van der Waals surface area (Å²) in [5.41, 5.74) is 7.00. The van der Waals surface area contributed by atoms with E-state index in [9.17, 15) is 14.4 Å². The molecule has 4 atom stereocenters. The second kappa shape index (κ2) is 16.5. The number of nitrogens with zero attached hydrogens (tertiary/aromatic N) is 4. The van der Waals surface area contributed by atoms with Gasteiger partial charge in [-0.1, -0.05) is 81.3 Å². The van der Waals surface area contributed by atoms with E-state index in [1.165, 1.54) is 7.11 Å². The van der Waals surface area contributed by atoms with Crippen molar-refractivity contribution in [2.24, 2.45) is 11.8 Å². The molecule has 1 unspecified atom stereocenters. The first kappa shape index (κ1) is 36.6. The molecule has 2 fully saturated rings. The summed E-state index contributed by atoms with van der Waals surface area (Å²) in [5, 5.41) is 5.82. The first-order valence-electron chi connectivity index (χ1n) is 18.9. The molecule has 1 saturated heterocycles. The van der Waals surface area contributed by atoms with E-state index in [0.29, 0.717) is 13.1 Å². The van der Waals surface area contributed by atoms with Gasteiger partial charge in [0.05, 0.1) is 36.9 Å². The van der Waals surface area contributed by atoms with Crippen LogP contribution in [0.2, 0.25) is 0 Å². The molecule has 1 aliphatic carbocycles. The predicted octanol–water partition coefficient (Wildman–Crippen LogP) is 7.16. The maximum atomic E-state index is 13.5. The van der Waals surface area contributed by atoms with Crippen LogP contribution in [0.25, 0.3) is 33.6 Å². The van der Waals surface area contributed by atoms with Crippen LogP contribution in [0.5, 0.6) is 0 Å². The maximum absolute atomic E-state index is 13.5. The molecule has 54 heavy (non-hydrogen) atoms. The molecule has 12 nitrogen and oxygen atoms in total. The fourth-order valence-corrected chi connectivity index (χ4v) is 7.80. The number of pyridine rings is 1. The summed E-state index contributed by atoms with van der Waals surface area (Å²) in [5.74, 6) is 1.39. The molecular weight excluding hydrogens is 681 g/mol. The number of carbonyl (C=O) groups is 3. The highest BCUT2D eigenvalue weighted by Gasteiger charge is 2.38. The highest BCUT2D eigenvalue weighted by molar-refractivity contribution is 5.86. The molecule has 3 amide bonds. The SMILES string of the molecule is COC(=O)NC(C(=O)N1CCC[C@H]1c1ncc(-c2ccc(-c3ccc(-c4cnc([C@H]5CCCC[C@H]5C(=O)NCc5cccnc5)[nH]4)cc3)cc2)[nH]1)C(C)C. The zero-order valence-electron chi connectivity index (χ0n) is 31.0. The molecule has 0 spiro atoms. The van der Waals surface area contributed by atoms with Crippen molar-refractivity contribution in [2.45, 2.75) is 76.9 Å². The smallest absolute Gasteiger partial charge is 0.407 e. The van der Waals surface area contributed by atoms with Crippen LogP contribution in [0.4, 0.5) is 4.79 Å². The number of carbonyl (C=O) groups excluding carboxylic acids is 3. The first-order chi connectivity index (χ1) is 26.3. The number of amides is 3. The van der Waals surface area contributed by atoms with Gasteiger partial charge in [-0.3, -0.25) is 14.6 Å². The molecule has 280 valence electrons. The van der Waals surface area contributed by atoms with Gasteiger partial charge in [0.1, 0.15) is 17.7 Å². The van der Waals surface area contributed by atoms with E-state index in [0.717, 1.165) is 89.4 Å². The van der Waals surface area contributed by atoms with Crippen LogP contribution in [-0.4, -0.2) is 67.4 Å². The maximum Gasteiger partial charge on any atom is 0.407 e. The number of methoxy groups -OCH3 is 1. The van der Waals surface area contributed by atoms with E-state index in [1.807, 2.05) is 43.3 Å². The minimum atomic E-state index is -0.677. The minimum Gasteiger partial charge on any atom is -0.453 e. The van der Waals surface area contributed by atoms with Gasteiger partial charge in [0.25, 0.3) is 0 Å². The summed E-state index contributed by atoms with van der Waals surface area (Å²) >= 11 is 0. The quantitative estimate of drug-likeness (QED) is 0.112. The van der Waals surface area contributed by atoms with Crippen molar-refractivity contribution >= 4 is 17.9 Å². The van der Waals surface area contributed by atoms with Crippen LogP contribution in [-0.2, 0) is 20.9 Å². The van der Waals surface area contributed by atoms with Crippen molar-refractivity contribution in [3.8, 4) is 33.6 Å². The van der Waals surface area contributed by atoms with Crippen LogP contribution in [0.15, 0.2) is 85.5 Å². The molecule has 7 rings (SSSR count). The van der Waals surface area contributed by atoms with Gasteiger partial charge in [0, 0.05) is 37.3 Å². The second-order valence-corrected chi connectivity index (χ2v) is 14.6. The number of hydrogen-bond donors (Lipinski definition) is 4. The molecule has 12 heteroatoms. The third-order valence-corrected chi connectivity index (χ3v) is 10.8. The van der Waals surface area contributed by atoms with Crippen LogP contribution in [0.1, 0.15) is 81.5 Å². The normalized spacial score (nSPS) is 19.0. The number of alkyl carbamates (subject to hydrolysis) is 1. The summed E-state index contributed by atoms with van der Waals surface area (Å²) < 4.78 is 4.76. The van der Waals surface area contributed by atoms with E-state index in [1.54, 1.807) is 12.4 Å².